The molecular weight excluding hydrogens is 290 g/mol. The first kappa shape index (κ1) is 14.4. The zero-order valence-corrected chi connectivity index (χ0v) is 12.7. The zero-order valence-electron chi connectivity index (χ0n) is 11.9. The summed E-state index contributed by atoms with van der Waals surface area (Å²) in [5.41, 5.74) is 1.09. The normalized spacial score (nSPS) is 19.8. The molecule has 0 amide bonds. The van der Waals surface area contributed by atoms with Crippen LogP contribution in [-0.2, 0) is 17.8 Å². The summed E-state index contributed by atoms with van der Waals surface area (Å²) >= 11 is 6.18. The highest BCUT2D eigenvalue weighted by molar-refractivity contribution is 6.31. The van der Waals surface area contributed by atoms with Gasteiger partial charge in [0, 0.05) is 38.6 Å². The van der Waals surface area contributed by atoms with Crippen LogP contribution in [0.2, 0.25) is 5.02 Å². The summed E-state index contributed by atoms with van der Waals surface area (Å²) in [6.07, 6.45) is 5.16. The topological polar surface area (TPSA) is 56.1 Å². The highest BCUT2D eigenvalue weighted by Crippen LogP contribution is 2.23. The van der Waals surface area contributed by atoms with Gasteiger partial charge in [-0.2, -0.15) is 0 Å². The van der Waals surface area contributed by atoms with Crippen LogP contribution in [0.5, 0.6) is 0 Å². The fraction of sp³-hybridized carbons (Fsp3) is 0.500. The third kappa shape index (κ3) is 3.23. The van der Waals surface area contributed by atoms with Crippen LogP contribution in [0.15, 0.2) is 24.8 Å². The van der Waals surface area contributed by atoms with Crippen molar-refractivity contribution >= 4 is 11.6 Å². The first-order valence-electron chi connectivity index (χ1n) is 7.08. The van der Waals surface area contributed by atoms with Crippen molar-refractivity contribution in [3.8, 4) is 0 Å². The Morgan fingerprint density at radius 2 is 2.38 bits per heavy atom. The fourth-order valence-corrected chi connectivity index (χ4v) is 2.71. The standard InChI is InChI=1S/C14H18ClN5O/c1-2-20-10-17-18-14(20)13-9-19(5-6-21-13)8-11-3-4-16-7-12(11)15/h3-4,7,10,13H,2,5-6,8-9H2,1H3/t13-/m0/s1. The van der Waals surface area contributed by atoms with Crippen molar-refractivity contribution in [1.29, 1.82) is 0 Å². The van der Waals surface area contributed by atoms with Crippen LogP contribution < -0.4 is 0 Å². The number of aryl methyl sites for hydroxylation is 1. The number of pyridine rings is 1. The largest absolute Gasteiger partial charge is 0.368 e. The number of rotatable bonds is 4. The van der Waals surface area contributed by atoms with Crippen LogP contribution in [-0.4, -0.2) is 44.3 Å². The van der Waals surface area contributed by atoms with E-state index < -0.39 is 0 Å². The summed E-state index contributed by atoms with van der Waals surface area (Å²) in [6.45, 7) is 6.07. The number of hydrogen-bond donors (Lipinski definition) is 0. The van der Waals surface area contributed by atoms with Gasteiger partial charge < -0.3 is 9.30 Å². The predicted octanol–water partition coefficient (Wildman–Crippen LogP) is 1.92. The Morgan fingerprint density at radius 3 is 3.19 bits per heavy atom. The van der Waals surface area contributed by atoms with Gasteiger partial charge in [0.15, 0.2) is 5.82 Å². The Morgan fingerprint density at radius 1 is 1.48 bits per heavy atom. The van der Waals surface area contributed by atoms with Crippen LogP contribution in [0.25, 0.3) is 0 Å². The molecule has 1 aliphatic heterocycles. The van der Waals surface area contributed by atoms with E-state index in [0.717, 1.165) is 37.6 Å². The van der Waals surface area contributed by atoms with Crippen molar-refractivity contribution in [3.63, 3.8) is 0 Å². The number of ether oxygens (including phenoxy) is 1. The fourth-order valence-electron chi connectivity index (χ4n) is 2.53. The second-order valence-corrected chi connectivity index (χ2v) is 5.44. The quantitative estimate of drug-likeness (QED) is 0.864. The van der Waals surface area contributed by atoms with Gasteiger partial charge in [-0.1, -0.05) is 11.6 Å². The molecule has 0 spiro atoms. The molecule has 0 unspecified atom stereocenters. The first-order valence-corrected chi connectivity index (χ1v) is 7.45. The second-order valence-electron chi connectivity index (χ2n) is 5.04. The molecule has 0 N–H and O–H groups in total. The Labute approximate surface area is 128 Å². The van der Waals surface area contributed by atoms with Gasteiger partial charge in [-0.25, -0.2) is 0 Å². The minimum atomic E-state index is -0.0400. The highest BCUT2D eigenvalue weighted by atomic mass is 35.5. The van der Waals surface area contributed by atoms with E-state index in [4.69, 9.17) is 16.3 Å². The van der Waals surface area contributed by atoms with Gasteiger partial charge in [0.05, 0.1) is 11.6 Å². The Kier molecular flexibility index (Phi) is 4.48. The molecule has 0 aromatic carbocycles. The molecule has 1 atom stereocenters. The summed E-state index contributed by atoms with van der Waals surface area (Å²) < 4.78 is 7.87. The molecule has 0 saturated carbocycles. The summed E-state index contributed by atoms with van der Waals surface area (Å²) in [6, 6.07) is 1.96. The number of hydrogen-bond acceptors (Lipinski definition) is 5. The lowest BCUT2D eigenvalue weighted by molar-refractivity contribution is -0.0388. The van der Waals surface area contributed by atoms with Gasteiger partial charge in [-0.3, -0.25) is 9.88 Å². The molecule has 2 aromatic heterocycles. The third-order valence-corrected chi connectivity index (χ3v) is 4.02. The van der Waals surface area contributed by atoms with Crippen LogP contribution >= 0.6 is 11.6 Å². The average Bonchev–Trinajstić information content (AvgIpc) is 2.98. The molecule has 1 fully saturated rings. The van der Waals surface area contributed by atoms with Crippen molar-refractivity contribution in [2.75, 3.05) is 19.7 Å². The van der Waals surface area contributed by atoms with Gasteiger partial charge in [-0.05, 0) is 18.6 Å². The molecule has 7 heteroatoms. The Balaban J connectivity index is 1.70. The molecule has 6 nitrogen and oxygen atoms in total. The number of nitrogens with zero attached hydrogens (tertiary/aromatic N) is 5. The van der Waals surface area contributed by atoms with E-state index in [9.17, 15) is 0 Å². The van der Waals surface area contributed by atoms with E-state index in [1.807, 2.05) is 10.6 Å². The molecule has 2 aromatic rings. The predicted molar refractivity (Wildman–Crippen MR) is 78.9 cm³/mol. The van der Waals surface area contributed by atoms with Gasteiger partial charge >= 0.3 is 0 Å². The Hall–Kier alpha value is -1.50. The maximum Gasteiger partial charge on any atom is 0.163 e. The lowest BCUT2D eigenvalue weighted by atomic mass is 10.2. The van der Waals surface area contributed by atoms with Crippen LogP contribution in [0.1, 0.15) is 24.4 Å². The molecule has 0 radical (unpaired) electrons. The maximum atomic E-state index is 6.18. The lowest BCUT2D eigenvalue weighted by Gasteiger charge is -2.32. The average molecular weight is 308 g/mol. The summed E-state index contributed by atoms with van der Waals surface area (Å²) in [5.74, 6) is 0.892. The van der Waals surface area contributed by atoms with Gasteiger partial charge in [0.2, 0.25) is 0 Å². The lowest BCUT2D eigenvalue weighted by Crippen LogP contribution is -2.38. The highest BCUT2D eigenvalue weighted by Gasteiger charge is 2.26. The smallest absolute Gasteiger partial charge is 0.163 e. The molecule has 3 rings (SSSR count). The molecule has 0 aliphatic carbocycles. The summed E-state index contributed by atoms with van der Waals surface area (Å²) in [5, 5.41) is 8.88. The molecular formula is C14H18ClN5O. The van der Waals surface area contributed by atoms with Crippen molar-refractivity contribution in [3.05, 3.63) is 41.2 Å². The minimum Gasteiger partial charge on any atom is -0.368 e. The molecule has 21 heavy (non-hydrogen) atoms. The van der Waals surface area contributed by atoms with Crippen LogP contribution in [0.3, 0.4) is 0 Å². The van der Waals surface area contributed by atoms with Crippen molar-refractivity contribution < 1.29 is 4.74 Å². The van der Waals surface area contributed by atoms with Crippen molar-refractivity contribution in [2.24, 2.45) is 0 Å². The van der Waals surface area contributed by atoms with E-state index in [1.165, 1.54) is 0 Å². The van der Waals surface area contributed by atoms with E-state index >= 15 is 0 Å². The van der Waals surface area contributed by atoms with E-state index in [-0.39, 0.29) is 6.10 Å². The first-order chi connectivity index (χ1) is 10.3. The summed E-state index contributed by atoms with van der Waals surface area (Å²) in [4.78, 5) is 6.34. The van der Waals surface area contributed by atoms with E-state index in [2.05, 4.69) is 27.0 Å². The zero-order chi connectivity index (χ0) is 14.7. The number of halogens is 1. The van der Waals surface area contributed by atoms with E-state index in [0.29, 0.717) is 11.6 Å². The van der Waals surface area contributed by atoms with Crippen molar-refractivity contribution in [2.45, 2.75) is 26.1 Å². The maximum absolute atomic E-state index is 6.18. The minimum absolute atomic E-state index is 0.0400. The second kappa shape index (κ2) is 6.51. The summed E-state index contributed by atoms with van der Waals surface area (Å²) in [7, 11) is 0. The number of aromatic nitrogens is 4. The van der Waals surface area contributed by atoms with Gasteiger partial charge in [0.1, 0.15) is 12.4 Å². The van der Waals surface area contributed by atoms with Crippen molar-refractivity contribution in [1.82, 2.24) is 24.6 Å². The SMILES string of the molecule is CCn1cnnc1[C@@H]1CN(Cc2ccncc2Cl)CCO1. The molecule has 112 valence electrons. The van der Waals surface area contributed by atoms with Crippen LogP contribution in [0.4, 0.5) is 0 Å². The monoisotopic (exact) mass is 307 g/mol. The molecule has 1 saturated heterocycles. The third-order valence-electron chi connectivity index (χ3n) is 3.68. The van der Waals surface area contributed by atoms with E-state index in [1.54, 1.807) is 18.7 Å². The molecule has 0 bridgehead atoms. The molecule has 1 aliphatic rings. The van der Waals surface area contributed by atoms with Gasteiger partial charge in [0.25, 0.3) is 0 Å². The Bertz CT molecular complexity index is 603. The number of morpholine rings is 1. The van der Waals surface area contributed by atoms with Crippen LogP contribution in [0, 0.1) is 0 Å². The van der Waals surface area contributed by atoms with Gasteiger partial charge in [-0.15, -0.1) is 10.2 Å². The molecule has 3 heterocycles.